The van der Waals surface area contributed by atoms with Crippen molar-refractivity contribution in [2.24, 2.45) is 0 Å². The molecule has 1 aliphatic carbocycles. The first-order valence-electron chi connectivity index (χ1n) is 6.81. The summed E-state index contributed by atoms with van der Waals surface area (Å²) in [6.45, 7) is 0. The number of fused-ring (bicyclic) bond motifs is 1. The second-order valence-electron chi connectivity index (χ2n) is 5.62. The number of ether oxygens (including phenoxy) is 1. The lowest BCUT2D eigenvalue weighted by Crippen LogP contribution is -2.44. The smallest absolute Gasteiger partial charge is 0.311 e. The van der Waals surface area contributed by atoms with Crippen LogP contribution in [-0.2, 0) is 4.79 Å². The van der Waals surface area contributed by atoms with Crippen LogP contribution in [0.5, 0.6) is 5.75 Å². The number of benzene rings is 1. The van der Waals surface area contributed by atoms with E-state index < -0.39 is 17.7 Å². The van der Waals surface area contributed by atoms with Crippen molar-refractivity contribution in [3.8, 4) is 5.75 Å². The Balaban J connectivity index is 2.01. The maximum absolute atomic E-state index is 13.3. The maximum atomic E-state index is 13.3. The Morgan fingerprint density at radius 1 is 1.32 bits per heavy atom. The van der Waals surface area contributed by atoms with Crippen molar-refractivity contribution in [3.63, 3.8) is 0 Å². The molecule has 0 amide bonds. The highest BCUT2D eigenvalue weighted by molar-refractivity contribution is 5.78. The minimum absolute atomic E-state index is 0.355. The molecule has 1 heterocycles. The Morgan fingerprint density at radius 2 is 2.05 bits per heavy atom. The van der Waals surface area contributed by atoms with Crippen molar-refractivity contribution in [1.29, 1.82) is 0 Å². The molecule has 1 aliphatic heterocycles. The van der Waals surface area contributed by atoms with Gasteiger partial charge in [-0.1, -0.05) is 6.42 Å². The quantitative estimate of drug-likeness (QED) is 0.844. The number of halogens is 1. The Labute approximate surface area is 111 Å². The third-order valence-electron chi connectivity index (χ3n) is 4.31. The standard InChI is InChI=1S/C15H17FO3/c16-10-4-5-13-11(8-10)12(14(17)18)9-15(19-13)6-2-1-3-7-15/h4-5,8,12H,1-3,6-7,9H2,(H,17,18). The molecule has 1 N–H and O–H groups in total. The first-order valence-corrected chi connectivity index (χ1v) is 6.81. The molecular formula is C15H17FO3. The highest BCUT2D eigenvalue weighted by Gasteiger charge is 2.44. The van der Waals surface area contributed by atoms with Gasteiger partial charge in [0.2, 0.25) is 0 Å². The zero-order valence-electron chi connectivity index (χ0n) is 10.7. The van der Waals surface area contributed by atoms with E-state index in [0.717, 1.165) is 25.7 Å². The molecule has 1 fully saturated rings. The van der Waals surface area contributed by atoms with Crippen molar-refractivity contribution in [1.82, 2.24) is 0 Å². The summed E-state index contributed by atoms with van der Waals surface area (Å²) in [6.07, 6.45) is 5.57. The van der Waals surface area contributed by atoms with Gasteiger partial charge in [-0.15, -0.1) is 0 Å². The monoisotopic (exact) mass is 264 g/mol. The molecule has 3 nitrogen and oxygen atoms in total. The third kappa shape index (κ3) is 2.20. The predicted octanol–water partition coefficient (Wildman–Crippen LogP) is 3.48. The molecule has 19 heavy (non-hydrogen) atoms. The van der Waals surface area contributed by atoms with Crippen LogP contribution in [0, 0.1) is 5.82 Å². The molecule has 1 unspecified atom stereocenters. The summed E-state index contributed by atoms with van der Waals surface area (Å²) in [5, 5.41) is 9.41. The van der Waals surface area contributed by atoms with Gasteiger partial charge in [-0.3, -0.25) is 4.79 Å². The summed E-state index contributed by atoms with van der Waals surface area (Å²) in [7, 11) is 0. The van der Waals surface area contributed by atoms with E-state index in [-0.39, 0.29) is 5.60 Å². The number of rotatable bonds is 1. The molecule has 0 aromatic heterocycles. The lowest BCUT2D eigenvalue weighted by molar-refractivity contribution is -0.141. The topological polar surface area (TPSA) is 46.5 Å². The summed E-state index contributed by atoms with van der Waals surface area (Å²) in [4.78, 5) is 11.5. The van der Waals surface area contributed by atoms with E-state index in [1.54, 1.807) is 6.07 Å². The molecule has 0 radical (unpaired) electrons. The first-order chi connectivity index (χ1) is 9.10. The van der Waals surface area contributed by atoms with Gasteiger partial charge in [0.1, 0.15) is 17.2 Å². The van der Waals surface area contributed by atoms with Crippen LogP contribution in [0.3, 0.4) is 0 Å². The molecule has 102 valence electrons. The molecule has 1 aromatic rings. The van der Waals surface area contributed by atoms with Crippen molar-refractivity contribution < 1.29 is 19.0 Å². The summed E-state index contributed by atoms with van der Waals surface area (Å²) in [5.74, 6) is -1.41. The fourth-order valence-corrected chi connectivity index (χ4v) is 3.36. The summed E-state index contributed by atoms with van der Waals surface area (Å²) in [6, 6.07) is 4.19. The van der Waals surface area contributed by atoms with E-state index in [2.05, 4.69) is 0 Å². The number of carbonyl (C=O) groups is 1. The molecule has 4 heteroatoms. The van der Waals surface area contributed by atoms with E-state index in [0.29, 0.717) is 17.7 Å². The first kappa shape index (κ1) is 12.5. The van der Waals surface area contributed by atoms with Crippen LogP contribution in [0.2, 0.25) is 0 Å². The third-order valence-corrected chi connectivity index (χ3v) is 4.31. The highest BCUT2D eigenvalue weighted by atomic mass is 19.1. The zero-order chi connectivity index (χ0) is 13.5. The normalized spacial score (nSPS) is 24.6. The molecule has 3 rings (SSSR count). The number of hydrogen-bond acceptors (Lipinski definition) is 2. The average molecular weight is 264 g/mol. The van der Waals surface area contributed by atoms with Gasteiger partial charge in [-0.2, -0.15) is 0 Å². The van der Waals surface area contributed by atoms with Gasteiger partial charge >= 0.3 is 5.97 Å². The Hall–Kier alpha value is -1.58. The highest BCUT2D eigenvalue weighted by Crippen LogP contribution is 2.47. The second kappa shape index (κ2) is 4.51. The molecule has 0 saturated heterocycles. The summed E-state index contributed by atoms with van der Waals surface area (Å²) < 4.78 is 19.4. The number of carboxylic acid groups (broad SMARTS) is 1. The van der Waals surface area contributed by atoms with Crippen LogP contribution in [-0.4, -0.2) is 16.7 Å². The minimum Gasteiger partial charge on any atom is -0.487 e. The van der Waals surface area contributed by atoms with Crippen molar-refractivity contribution in [2.45, 2.75) is 50.0 Å². The van der Waals surface area contributed by atoms with Crippen molar-refractivity contribution in [3.05, 3.63) is 29.6 Å². The number of carboxylic acids is 1. The van der Waals surface area contributed by atoms with E-state index in [4.69, 9.17) is 4.74 Å². The fraction of sp³-hybridized carbons (Fsp3) is 0.533. The maximum Gasteiger partial charge on any atom is 0.311 e. The molecule has 1 atom stereocenters. The second-order valence-corrected chi connectivity index (χ2v) is 5.62. The molecule has 1 spiro atoms. The largest absolute Gasteiger partial charge is 0.487 e. The van der Waals surface area contributed by atoms with Gasteiger partial charge in [0.05, 0.1) is 5.92 Å². The van der Waals surface area contributed by atoms with Crippen LogP contribution in [0.15, 0.2) is 18.2 Å². The average Bonchev–Trinajstić information content (AvgIpc) is 2.39. The molecular weight excluding hydrogens is 247 g/mol. The Kier molecular flexibility index (Phi) is 2.96. The predicted molar refractivity (Wildman–Crippen MR) is 67.8 cm³/mol. The van der Waals surface area contributed by atoms with Gasteiger partial charge < -0.3 is 9.84 Å². The summed E-state index contributed by atoms with van der Waals surface area (Å²) in [5.41, 5.74) is 0.121. The zero-order valence-corrected chi connectivity index (χ0v) is 10.7. The molecule has 2 aliphatic rings. The van der Waals surface area contributed by atoms with Crippen LogP contribution >= 0.6 is 0 Å². The van der Waals surface area contributed by atoms with Crippen LogP contribution in [0.4, 0.5) is 4.39 Å². The van der Waals surface area contributed by atoms with E-state index >= 15 is 0 Å². The number of hydrogen-bond donors (Lipinski definition) is 1. The SMILES string of the molecule is O=C(O)C1CC2(CCCCC2)Oc2ccc(F)cc21. The van der Waals surface area contributed by atoms with Gasteiger partial charge in [-0.25, -0.2) is 4.39 Å². The minimum atomic E-state index is -0.889. The van der Waals surface area contributed by atoms with Crippen LogP contribution in [0.25, 0.3) is 0 Å². The molecule has 1 saturated carbocycles. The Morgan fingerprint density at radius 3 is 2.74 bits per heavy atom. The van der Waals surface area contributed by atoms with Gasteiger partial charge in [0.15, 0.2) is 0 Å². The fourth-order valence-electron chi connectivity index (χ4n) is 3.36. The lowest BCUT2D eigenvalue weighted by atomic mass is 9.74. The summed E-state index contributed by atoms with van der Waals surface area (Å²) >= 11 is 0. The molecule has 0 bridgehead atoms. The van der Waals surface area contributed by atoms with Gasteiger partial charge in [0, 0.05) is 12.0 Å². The van der Waals surface area contributed by atoms with Crippen molar-refractivity contribution in [2.75, 3.05) is 0 Å². The van der Waals surface area contributed by atoms with Gasteiger partial charge in [0.25, 0.3) is 0 Å². The van der Waals surface area contributed by atoms with E-state index in [1.165, 1.54) is 18.6 Å². The lowest BCUT2D eigenvalue weighted by Gasteiger charge is -2.43. The van der Waals surface area contributed by atoms with Gasteiger partial charge in [-0.05, 0) is 43.9 Å². The van der Waals surface area contributed by atoms with E-state index in [9.17, 15) is 14.3 Å². The Bertz CT molecular complexity index is 506. The number of aliphatic carboxylic acids is 1. The van der Waals surface area contributed by atoms with E-state index in [1.807, 2.05) is 0 Å². The van der Waals surface area contributed by atoms with Crippen LogP contribution in [0.1, 0.15) is 50.0 Å². The molecule has 1 aromatic carbocycles. The van der Waals surface area contributed by atoms with Crippen molar-refractivity contribution >= 4 is 5.97 Å². The van der Waals surface area contributed by atoms with Crippen LogP contribution < -0.4 is 4.74 Å².